The molecule has 0 bridgehead atoms. The summed E-state index contributed by atoms with van der Waals surface area (Å²) >= 11 is 0. The molecule has 4 heteroatoms. The van der Waals surface area contributed by atoms with Crippen molar-refractivity contribution in [2.45, 2.75) is 34.2 Å². The van der Waals surface area contributed by atoms with Crippen molar-refractivity contribution in [3.8, 4) is 0 Å². The Labute approximate surface area is 116 Å². The van der Waals surface area contributed by atoms with Crippen LogP contribution in [0.1, 0.15) is 28.0 Å². The van der Waals surface area contributed by atoms with Crippen LogP contribution >= 0.6 is 0 Å². The molecule has 20 heavy (non-hydrogen) atoms. The van der Waals surface area contributed by atoms with Crippen LogP contribution in [-0.2, 0) is 6.54 Å². The van der Waals surface area contributed by atoms with E-state index < -0.39 is 0 Å². The van der Waals surface area contributed by atoms with Crippen molar-refractivity contribution < 1.29 is 8.83 Å². The normalized spacial score (nSPS) is 11.7. The third-order valence-corrected chi connectivity index (χ3v) is 4.13. The summed E-state index contributed by atoms with van der Waals surface area (Å²) in [6.07, 6.45) is 0. The zero-order valence-corrected chi connectivity index (χ0v) is 12.1. The molecule has 2 heterocycles. The van der Waals surface area contributed by atoms with E-state index in [2.05, 4.69) is 0 Å². The predicted octanol–water partition coefficient (Wildman–Crippen LogP) is 3.23. The molecular formula is C16H17NO3. The molecule has 0 saturated heterocycles. The van der Waals surface area contributed by atoms with Crippen molar-refractivity contribution in [2.24, 2.45) is 5.73 Å². The van der Waals surface area contributed by atoms with Gasteiger partial charge >= 0.3 is 5.63 Å². The average Bonchev–Trinajstić information content (AvgIpc) is 2.70. The first-order valence-electron chi connectivity index (χ1n) is 6.61. The molecule has 0 spiro atoms. The average molecular weight is 271 g/mol. The second-order valence-electron chi connectivity index (χ2n) is 5.24. The first-order valence-corrected chi connectivity index (χ1v) is 6.61. The Kier molecular flexibility index (Phi) is 2.73. The topological polar surface area (TPSA) is 69.4 Å². The van der Waals surface area contributed by atoms with E-state index in [-0.39, 0.29) is 5.63 Å². The number of hydrogen-bond donors (Lipinski definition) is 1. The fraction of sp³-hybridized carbons (Fsp3) is 0.312. The van der Waals surface area contributed by atoms with Crippen molar-refractivity contribution >= 4 is 21.9 Å². The molecule has 0 unspecified atom stereocenters. The van der Waals surface area contributed by atoms with Crippen molar-refractivity contribution in [1.29, 1.82) is 0 Å². The van der Waals surface area contributed by atoms with Gasteiger partial charge in [0.15, 0.2) is 0 Å². The van der Waals surface area contributed by atoms with Crippen LogP contribution in [0.25, 0.3) is 21.9 Å². The van der Waals surface area contributed by atoms with Gasteiger partial charge in [-0.25, -0.2) is 4.79 Å². The summed E-state index contributed by atoms with van der Waals surface area (Å²) in [4.78, 5) is 11.9. The highest BCUT2D eigenvalue weighted by Gasteiger charge is 2.18. The van der Waals surface area contributed by atoms with Gasteiger partial charge in [0, 0.05) is 28.4 Å². The van der Waals surface area contributed by atoms with Gasteiger partial charge in [-0.3, -0.25) is 0 Å². The number of aryl methyl sites for hydroxylation is 3. The van der Waals surface area contributed by atoms with E-state index in [1.165, 1.54) is 0 Å². The number of nitrogens with two attached hydrogens (primary N) is 1. The van der Waals surface area contributed by atoms with Crippen LogP contribution in [0.15, 0.2) is 19.7 Å². The standard InChI is InChI=1S/C16H17NO3/c1-7-10(4)19-14-9(3)15-12(5-11(7)14)13(6-17)8(2)16(18)20-15/h5H,6,17H2,1-4H3. The molecular weight excluding hydrogens is 254 g/mol. The molecule has 0 fully saturated rings. The van der Waals surface area contributed by atoms with Crippen molar-refractivity contribution in [2.75, 3.05) is 0 Å². The van der Waals surface area contributed by atoms with Crippen LogP contribution in [0.3, 0.4) is 0 Å². The van der Waals surface area contributed by atoms with Crippen molar-refractivity contribution in [1.82, 2.24) is 0 Å². The second kappa shape index (κ2) is 4.21. The first kappa shape index (κ1) is 12.9. The number of furan rings is 1. The van der Waals surface area contributed by atoms with Crippen LogP contribution in [0.4, 0.5) is 0 Å². The Hall–Kier alpha value is -2.07. The molecule has 3 aromatic rings. The molecule has 104 valence electrons. The zero-order chi connectivity index (χ0) is 14.6. The third-order valence-electron chi connectivity index (χ3n) is 4.13. The maximum Gasteiger partial charge on any atom is 0.339 e. The fourth-order valence-corrected chi connectivity index (χ4v) is 2.73. The van der Waals surface area contributed by atoms with Crippen LogP contribution < -0.4 is 11.4 Å². The van der Waals surface area contributed by atoms with Gasteiger partial charge in [0.1, 0.15) is 16.9 Å². The highest BCUT2D eigenvalue weighted by molar-refractivity contribution is 6.00. The summed E-state index contributed by atoms with van der Waals surface area (Å²) in [7, 11) is 0. The maximum atomic E-state index is 11.9. The summed E-state index contributed by atoms with van der Waals surface area (Å²) in [5.41, 5.74) is 10.2. The van der Waals surface area contributed by atoms with E-state index >= 15 is 0 Å². The number of hydrogen-bond acceptors (Lipinski definition) is 4. The number of rotatable bonds is 1. The summed E-state index contributed by atoms with van der Waals surface area (Å²) in [6, 6.07) is 2.02. The smallest absolute Gasteiger partial charge is 0.339 e. The Morgan fingerprint density at radius 1 is 0.950 bits per heavy atom. The Bertz CT molecular complexity index is 900. The van der Waals surface area contributed by atoms with E-state index in [0.717, 1.165) is 38.8 Å². The largest absolute Gasteiger partial charge is 0.461 e. The maximum absolute atomic E-state index is 11.9. The molecule has 0 aliphatic heterocycles. The van der Waals surface area contributed by atoms with Gasteiger partial charge in [-0.15, -0.1) is 0 Å². The highest BCUT2D eigenvalue weighted by Crippen LogP contribution is 2.34. The molecule has 0 aliphatic rings. The lowest BCUT2D eigenvalue weighted by Gasteiger charge is -2.09. The van der Waals surface area contributed by atoms with Gasteiger partial charge < -0.3 is 14.6 Å². The summed E-state index contributed by atoms with van der Waals surface area (Å²) < 4.78 is 11.2. The molecule has 4 nitrogen and oxygen atoms in total. The molecule has 3 rings (SSSR count). The van der Waals surface area contributed by atoms with Gasteiger partial charge in [-0.2, -0.15) is 0 Å². The Morgan fingerprint density at radius 3 is 2.25 bits per heavy atom. The van der Waals surface area contributed by atoms with Gasteiger partial charge in [-0.1, -0.05) is 0 Å². The Morgan fingerprint density at radius 2 is 1.60 bits per heavy atom. The number of fused-ring (bicyclic) bond motifs is 2. The lowest BCUT2D eigenvalue weighted by Crippen LogP contribution is -2.11. The van der Waals surface area contributed by atoms with Crippen molar-refractivity contribution in [3.63, 3.8) is 0 Å². The van der Waals surface area contributed by atoms with E-state index in [0.29, 0.717) is 17.7 Å². The van der Waals surface area contributed by atoms with Crippen LogP contribution in [0.2, 0.25) is 0 Å². The highest BCUT2D eigenvalue weighted by atomic mass is 16.4. The zero-order valence-electron chi connectivity index (χ0n) is 12.1. The van der Waals surface area contributed by atoms with Crippen molar-refractivity contribution in [3.05, 3.63) is 44.5 Å². The lowest BCUT2D eigenvalue weighted by molar-refractivity contribution is 0.545. The Balaban J connectivity index is 2.63. The number of benzene rings is 1. The first-order chi connectivity index (χ1) is 9.45. The SMILES string of the molecule is Cc1oc2c(C)c3oc(=O)c(C)c(CN)c3cc2c1C. The predicted molar refractivity (Wildman–Crippen MR) is 79.1 cm³/mol. The van der Waals surface area contributed by atoms with Gasteiger partial charge in [0.25, 0.3) is 0 Å². The molecule has 1 aromatic carbocycles. The molecule has 0 atom stereocenters. The van der Waals surface area contributed by atoms with Crippen LogP contribution in [0, 0.1) is 27.7 Å². The summed E-state index contributed by atoms with van der Waals surface area (Å²) in [5.74, 6) is 0.881. The van der Waals surface area contributed by atoms with E-state index in [9.17, 15) is 4.79 Å². The van der Waals surface area contributed by atoms with Crippen LogP contribution in [-0.4, -0.2) is 0 Å². The second-order valence-corrected chi connectivity index (χ2v) is 5.24. The molecule has 0 amide bonds. The minimum Gasteiger partial charge on any atom is -0.461 e. The molecule has 2 aromatic heterocycles. The van der Waals surface area contributed by atoms with E-state index in [4.69, 9.17) is 14.6 Å². The quantitative estimate of drug-likeness (QED) is 0.690. The van der Waals surface area contributed by atoms with Gasteiger partial charge in [0.05, 0.1) is 0 Å². The molecule has 0 saturated carbocycles. The van der Waals surface area contributed by atoms with Gasteiger partial charge in [-0.05, 0) is 44.9 Å². The van der Waals surface area contributed by atoms with E-state index in [1.807, 2.05) is 26.8 Å². The fourth-order valence-electron chi connectivity index (χ4n) is 2.73. The molecule has 0 radical (unpaired) electrons. The van der Waals surface area contributed by atoms with E-state index in [1.54, 1.807) is 6.92 Å². The molecule has 0 aliphatic carbocycles. The lowest BCUT2D eigenvalue weighted by atomic mass is 10.00. The molecule has 2 N–H and O–H groups in total. The van der Waals surface area contributed by atoms with Gasteiger partial charge in [0.2, 0.25) is 0 Å². The monoisotopic (exact) mass is 271 g/mol. The minimum atomic E-state index is -0.333. The minimum absolute atomic E-state index is 0.314. The summed E-state index contributed by atoms with van der Waals surface area (Å²) in [6.45, 7) is 7.94. The van der Waals surface area contributed by atoms with Crippen LogP contribution in [0.5, 0.6) is 0 Å². The third kappa shape index (κ3) is 1.55. The summed E-state index contributed by atoms with van der Waals surface area (Å²) in [5, 5.41) is 1.95.